The van der Waals surface area contributed by atoms with Crippen LogP contribution in [0.2, 0.25) is 0 Å². The molecule has 1 N–H and O–H groups in total. The molecule has 0 unspecified atom stereocenters. The van der Waals surface area contributed by atoms with E-state index in [0.717, 1.165) is 25.3 Å². The Labute approximate surface area is 106 Å². The summed E-state index contributed by atoms with van der Waals surface area (Å²) in [5.41, 5.74) is 2.46. The SMILES string of the molecule is COC(=O)[C@@H]1CNC[C@@H]1c1ccc2c(c1)CCO2. The average molecular weight is 247 g/mol. The summed E-state index contributed by atoms with van der Waals surface area (Å²) in [6.45, 7) is 2.30. The van der Waals surface area contributed by atoms with E-state index >= 15 is 0 Å². The Morgan fingerprint density at radius 3 is 3.17 bits per heavy atom. The monoisotopic (exact) mass is 247 g/mol. The van der Waals surface area contributed by atoms with Crippen LogP contribution in [0.5, 0.6) is 5.75 Å². The van der Waals surface area contributed by atoms with Crippen LogP contribution in [-0.2, 0) is 16.0 Å². The van der Waals surface area contributed by atoms with Gasteiger partial charge in [-0.25, -0.2) is 0 Å². The number of nitrogens with one attached hydrogen (secondary N) is 1. The predicted octanol–water partition coefficient (Wildman–Crippen LogP) is 1.10. The molecule has 0 aromatic heterocycles. The molecule has 4 heteroatoms. The zero-order valence-corrected chi connectivity index (χ0v) is 10.4. The first-order valence-corrected chi connectivity index (χ1v) is 6.34. The summed E-state index contributed by atoms with van der Waals surface area (Å²) in [6, 6.07) is 6.26. The lowest BCUT2D eigenvalue weighted by atomic mass is 9.88. The van der Waals surface area contributed by atoms with E-state index in [0.29, 0.717) is 6.54 Å². The molecule has 2 aliphatic heterocycles. The summed E-state index contributed by atoms with van der Waals surface area (Å²) in [7, 11) is 1.45. The van der Waals surface area contributed by atoms with Gasteiger partial charge in [0.05, 0.1) is 19.6 Å². The number of fused-ring (bicyclic) bond motifs is 1. The van der Waals surface area contributed by atoms with Crippen molar-refractivity contribution in [1.82, 2.24) is 5.32 Å². The average Bonchev–Trinajstić information content (AvgIpc) is 3.05. The van der Waals surface area contributed by atoms with Gasteiger partial charge in [-0.3, -0.25) is 4.79 Å². The number of carbonyl (C=O) groups excluding carboxylic acids is 1. The molecule has 3 rings (SSSR count). The van der Waals surface area contributed by atoms with Crippen LogP contribution in [0.1, 0.15) is 17.0 Å². The molecule has 0 spiro atoms. The third-order valence-corrected chi connectivity index (χ3v) is 3.86. The van der Waals surface area contributed by atoms with E-state index in [1.54, 1.807) is 0 Å². The summed E-state index contributed by atoms with van der Waals surface area (Å²) in [6.07, 6.45) is 0.964. The van der Waals surface area contributed by atoms with E-state index in [2.05, 4.69) is 17.4 Å². The predicted molar refractivity (Wildman–Crippen MR) is 66.8 cm³/mol. The number of esters is 1. The van der Waals surface area contributed by atoms with Gasteiger partial charge >= 0.3 is 5.97 Å². The molecule has 1 saturated heterocycles. The molecular weight excluding hydrogens is 230 g/mol. The lowest BCUT2D eigenvalue weighted by molar-refractivity contribution is -0.145. The van der Waals surface area contributed by atoms with Gasteiger partial charge in [0.15, 0.2) is 0 Å². The molecule has 0 amide bonds. The molecule has 0 bridgehead atoms. The first-order chi connectivity index (χ1) is 8.79. The molecule has 1 fully saturated rings. The quantitative estimate of drug-likeness (QED) is 0.795. The van der Waals surface area contributed by atoms with Gasteiger partial charge in [-0.2, -0.15) is 0 Å². The Morgan fingerprint density at radius 1 is 1.44 bits per heavy atom. The van der Waals surface area contributed by atoms with Gasteiger partial charge in [0.2, 0.25) is 0 Å². The number of hydrogen-bond donors (Lipinski definition) is 1. The smallest absolute Gasteiger partial charge is 0.310 e. The zero-order valence-electron chi connectivity index (χ0n) is 10.4. The highest BCUT2D eigenvalue weighted by molar-refractivity contribution is 5.74. The van der Waals surface area contributed by atoms with Crippen molar-refractivity contribution < 1.29 is 14.3 Å². The lowest BCUT2D eigenvalue weighted by Gasteiger charge is -2.17. The summed E-state index contributed by atoms with van der Waals surface area (Å²) < 4.78 is 10.4. The van der Waals surface area contributed by atoms with Crippen molar-refractivity contribution in [2.24, 2.45) is 5.92 Å². The van der Waals surface area contributed by atoms with Crippen LogP contribution in [0.3, 0.4) is 0 Å². The van der Waals surface area contributed by atoms with Crippen molar-refractivity contribution in [1.29, 1.82) is 0 Å². The van der Waals surface area contributed by atoms with Crippen molar-refractivity contribution in [3.8, 4) is 5.75 Å². The summed E-state index contributed by atoms with van der Waals surface area (Å²) in [4.78, 5) is 11.7. The second-order valence-corrected chi connectivity index (χ2v) is 4.86. The van der Waals surface area contributed by atoms with Gasteiger partial charge in [0.25, 0.3) is 0 Å². The fourth-order valence-corrected chi connectivity index (χ4v) is 2.87. The Morgan fingerprint density at radius 2 is 2.33 bits per heavy atom. The maximum absolute atomic E-state index is 11.7. The van der Waals surface area contributed by atoms with Gasteiger partial charge in [0.1, 0.15) is 5.75 Å². The number of methoxy groups -OCH3 is 1. The first kappa shape index (κ1) is 11.5. The maximum Gasteiger partial charge on any atom is 0.310 e. The van der Waals surface area contributed by atoms with E-state index in [9.17, 15) is 4.79 Å². The molecule has 2 atom stereocenters. The molecule has 1 aromatic rings. The van der Waals surface area contributed by atoms with E-state index < -0.39 is 0 Å². The van der Waals surface area contributed by atoms with Gasteiger partial charge in [-0.05, 0) is 17.2 Å². The molecule has 96 valence electrons. The molecule has 0 radical (unpaired) electrons. The number of benzene rings is 1. The second kappa shape index (κ2) is 4.61. The summed E-state index contributed by atoms with van der Waals surface area (Å²) >= 11 is 0. The van der Waals surface area contributed by atoms with Crippen LogP contribution in [-0.4, -0.2) is 32.8 Å². The third kappa shape index (κ3) is 1.86. The summed E-state index contributed by atoms with van der Waals surface area (Å²) in [5.74, 6) is 1.000. The van der Waals surface area contributed by atoms with Crippen molar-refractivity contribution in [2.45, 2.75) is 12.3 Å². The van der Waals surface area contributed by atoms with Crippen LogP contribution in [0.15, 0.2) is 18.2 Å². The van der Waals surface area contributed by atoms with E-state index in [1.165, 1.54) is 18.2 Å². The van der Waals surface area contributed by atoms with E-state index in [1.807, 2.05) is 6.07 Å². The van der Waals surface area contributed by atoms with Gasteiger partial charge in [0, 0.05) is 25.4 Å². The van der Waals surface area contributed by atoms with Crippen LogP contribution in [0.4, 0.5) is 0 Å². The molecule has 2 heterocycles. The Balaban J connectivity index is 1.87. The van der Waals surface area contributed by atoms with Crippen LogP contribution < -0.4 is 10.1 Å². The Hall–Kier alpha value is -1.55. The summed E-state index contributed by atoms with van der Waals surface area (Å²) in [5, 5.41) is 3.27. The lowest BCUT2D eigenvalue weighted by Crippen LogP contribution is -2.23. The fourth-order valence-electron chi connectivity index (χ4n) is 2.87. The van der Waals surface area contributed by atoms with E-state index in [-0.39, 0.29) is 17.8 Å². The highest BCUT2D eigenvalue weighted by Gasteiger charge is 2.35. The van der Waals surface area contributed by atoms with Crippen molar-refractivity contribution >= 4 is 5.97 Å². The Kier molecular flexibility index (Phi) is 2.96. The van der Waals surface area contributed by atoms with Crippen molar-refractivity contribution in [2.75, 3.05) is 26.8 Å². The fraction of sp³-hybridized carbons (Fsp3) is 0.500. The molecule has 0 aliphatic carbocycles. The normalized spacial score (nSPS) is 25.6. The minimum Gasteiger partial charge on any atom is -0.493 e. The minimum atomic E-state index is -0.123. The minimum absolute atomic E-state index is 0.0737. The molecular formula is C14H17NO3. The van der Waals surface area contributed by atoms with Crippen LogP contribution in [0.25, 0.3) is 0 Å². The molecule has 1 aromatic carbocycles. The third-order valence-electron chi connectivity index (χ3n) is 3.86. The number of ether oxygens (including phenoxy) is 2. The van der Waals surface area contributed by atoms with Crippen molar-refractivity contribution in [3.63, 3.8) is 0 Å². The van der Waals surface area contributed by atoms with Crippen molar-refractivity contribution in [3.05, 3.63) is 29.3 Å². The number of hydrogen-bond acceptors (Lipinski definition) is 4. The highest BCUT2D eigenvalue weighted by atomic mass is 16.5. The highest BCUT2D eigenvalue weighted by Crippen LogP contribution is 2.33. The standard InChI is InChI=1S/C14H17NO3/c1-17-14(16)12-8-15-7-11(12)9-2-3-13-10(6-9)4-5-18-13/h2-3,6,11-12,15H,4-5,7-8H2,1H3/t11-,12-/m1/s1. The molecule has 0 saturated carbocycles. The molecule has 4 nitrogen and oxygen atoms in total. The largest absolute Gasteiger partial charge is 0.493 e. The topological polar surface area (TPSA) is 47.6 Å². The maximum atomic E-state index is 11.7. The molecule has 2 aliphatic rings. The molecule has 18 heavy (non-hydrogen) atoms. The first-order valence-electron chi connectivity index (χ1n) is 6.34. The zero-order chi connectivity index (χ0) is 12.5. The number of carbonyl (C=O) groups is 1. The van der Waals surface area contributed by atoms with Gasteiger partial charge in [-0.1, -0.05) is 12.1 Å². The van der Waals surface area contributed by atoms with Crippen LogP contribution >= 0.6 is 0 Å². The van der Waals surface area contributed by atoms with E-state index in [4.69, 9.17) is 9.47 Å². The second-order valence-electron chi connectivity index (χ2n) is 4.86. The van der Waals surface area contributed by atoms with Crippen LogP contribution in [0, 0.1) is 5.92 Å². The Bertz CT molecular complexity index is 472. The van der Waals surface area contributed by atoms with Gasteiger partial charge < -0.3 is 14.8 Å². The number of rotatable bonds is 2. The van der Waals surface area contributed by atoms with Gasteiger partial charge in [-0.15, -0.1) is 0 Å².